The highest BCUT2D eigenvalue weighted by molar-refractivity contribution is 5.96. The summed E-state index contributed by atoms with van der Waals surface area (Å²) in [4.78, 5) is 32.5. The molecule has 0 bridgehead atoms. The van der Waals surface area contributed by atoms with Gasteiger partial charge < -0.3 is 9.84 Å². The summed E-state index contributed by atoms with van der Waals surface area (Å²) >= 11 is 0. The van der Waals surface area contributed by atoms with Gasteiger partial charge in [-0.25, -0.2) is 4.39 Å². The van der Waals surface area contributed by atoms with Crippen LogP contribution in [0.4, 0.5) is 4.39 Å². The third-order valence-electron chi connectivity index (χ3n) is 2.05. The van der Waals surface area contributed by atoms with Crippen molar-refractivity contribution >= 4 is 17.7 Å². The van der Waals surface area contributed by atoms with Crippen LogP contribution in [0.15, 0.2) is 24.3 Å². The Bertz CT molecular complexity index is 452. The zero-order valence-corrected chi connectivity index (χ0v) is 9.39. The van der Waals surface area contributed by atoms with E-state index in [1.807, 2.05) is 0 Å². The first-order chi connectivity index (χ1) is 8.49. The van der Waals surface area contributed by atoms with E-state index in [0.29, 0.717) is 5.56 Å². The Morgan fingerprint density at radius 2 is 1.78 bits per heavy atom. The standard InChI is InChI=1S/C12H11FO5/c13-9-3-1-8(2-4-9)10(14)5-6-18-12(17)7-11(15)16/h1-4H,5-7H2,(H,15,16). The number of carbonyl (C=O) groups is 3. The van der Waals surface area contributed by atoms with Gasteiger partial charge >= 0.3 is 11.9 Å². The molecule has 0 aromatic heterocycles. The lowest BCUT2D eigenvalue weighted by Crippen LogP contribution is -2.13. The second-order valence-electron chi connectivity index (χ2n) is 3.47. The van der Waals surface area contributed by atoms with Crippen LogP contribution in [0.25, 0.3) is 0 Å². The largest absolute Gasteiger partial charge is 0.481 e. The zero-order chi connectivity index (χ0) is 13.5. The number of halogens is 1. The Kier molecular flexibility index (Phi) is 4.98. The summed E-state index contributed by atoms with van der Waals surface area (Å²) < 4.78 is 17.1. The average molecular weight is 254 g/mol. The Morgan fingerprint density at radius 1 is 1.17 bits per heavy atom. The number of esters is 1. The van der Waals surface area contributed by atoms with E-state index in [1.54, 1.807) is 0 Å². The summed E-state index contributed by atoms with van der Waals surface area (Å²) in [6.07, 6.45) is -0.804. The number of ether oxygens (including phenoxy) is 1. The molecule has 0 amide bonds. The molecular weight excluding hydrogens is 243 g/mol. The molecule has 0 fully saturated rings. The number of rotatable bonds is 6. The van der Waals surface area contributed by atoms with Gasteiger partial charge in [0.15, 0.2) is 5.78 Å². The number of aliphatic carboxylic acids is 1. The molecule has 96 valence electrons. The van der Waals surface area contributed by atoms with E-state index >= 15 is 0 Å². The minimum absolute atomic E-state index is 0.0724. The molecule has 0 radical (unpaired) electrons. The number of ketones is 1. The van der Waals surface area contributed by atoms with Crippen molar-refractivity contribution in [2.45, 2.75) is 12.8 Å². The predicted molar refractivity (Wildman–Crippen MR) is 58.6 cm³/mol. The highest BCUT2D eigenvalue weighted by Gasteiger charge is 2.11. The van der Waals surface area contributed by atoms with Gasteiger partial charge in [-0.05, 0) is 24.3 Å². The average Bonchev–Trinajstić information content (AvgIpc) is 2.28. The van der Waals surface area contributed by atoms with Crippen LogP contribution in [-0.2, 0) is 14.3 Å². The molecule has 5 nitrogen and oxygen atoms in total. The molecule has 0 aliphatic heterocycles. The van der Waals surface area contributed by atoms with Crippen LogP contribution in [-0.4, -0.2) is 29.4 Å². The molecule has 0 aliphatic rings. The first-order valence-corrected chi connectivity index (χ1v) is 5.15. The van der Waals surface area contributed by atoms with Gasteiger partial charge in [0.25, 0.3) is 0 Å². The predicted octanol–water partition coefficient (Wildman–Crippen LogP) is 1.42. The summed E-state index contributed by atoms with van der Waals surface area (Å²) in [7, 11) is 0. The highest BCUT2D eigenvalue weighted by Crippen LogP contribution is 2.06. The number of hydrogen-bond acceptors (Lipinski definition) is 4. The number of carbonyl (C=O) groups excluding carboxylic acids is 2. The summed E-state index contributed by atoms with van der Waals surface area (Å²) in [6, 6.07) is 4.97. The van der Waals surface area contributed by atoms with E-state index in [2.05, 4.69) is 4.74 Å². The van der Waals surface area contributed by atoms with Crippen molar-refractivity contribution in [2.75, 3.05) is 6.61 Å². The van der Waals surface area contributed by atoms with Gasteiger partial charge in [0, 0.05) is 12.0 Å². The lowest BCUT2D eigenvalue weighted by Gasteiger charge is -2.03. The first-order valence-electron chi connectivity index (χ1n) is 5.15. The van der Waals surface area contributed by atoms with Gasteiger partial charge in [-0.15, -0.1) is 0 Å². The molecule has 0 saturated heterocycles. The summed E-state index contributed by atoms with van der Waals surface area (Å²) in [6.45, 7) is -0.192. The van der Waals surface area contributed by atoms with E-state index in [9.17, 15) is 18.8 Å². The fraction of sp³-hybridized carbons (Fsp3) is 0.250. The molecule has 0 atom stereocenters. The van der Waals surface area contributed by atoms with E-state index < -0.39 is 24.2 Å². The molecule has 0 spiro atoms. The second kappa shape index (κ2) is 6.48. The summed E-state index contributed by atoms with van der Waals surface area (Å²) in [5, 5.41) is 8.29. The van der Waals surface area contributed by atoms with Gasteiger partial charge in [0.2, 0.25) is 0 Å². The molecule has 0 heterocycles. The first kappa shape index (κ1) is 13.8. The van der Waals surface area contributed by atoms with E-state index in [4.69, 9.17) is 5.11 Å². The second-order valence-corrected chi connectivity index (χ2v) is 3.47. The number of Topliss-reactive ketones (excluding diaryl/α,β-unsaturated/α-hetero) is 1. The minimum atomic E-state index is -1.29. The van der Waals surface area contributed by atoms with Crippen molar-refractivity contribution < 1.29 is 28.6 Å². The Morgan fingerprint density at radius 3 is 2.33 bits per heavy atom. The van der Waals surface area contributed by atoms with Gasteiger partial charge in [-0.1, -0.05) is 0 Å². The molecule has 0 unspecified atom stereocenters. The molecular formula is C12H11FO5. The van der Waals surface area contributed by atoms with Crippen molar-refractivity contribution in [3.63, 3.8) is 0 Å². The Labute approximate surface area is 102 Å². The summed E-state index contributed by atoms with van der Waals surface area (Å²) in [5.74, 6) is -2.93. The van der Waals surface area contributed by atoms with E-state index in [0.717, 1.165) is 12.1 Å². The van der Waals surface area contributed by atoms with Gasteiger partial charge in [-0.3, -0.25) is 14.4 Å². The molecule has 6 heteroatoms. The molecule has 1 aromatic carbocycles. The number of carboxylic acid groups (broad SMARTS) is 1. The minimum Gasteiger partial charge on any atom is -0.481 e. The summed E-state index contributed by atoms with van der Waals surface area (Å²) in [5.41, 5.74) is 0.311. The van der Waals surface area contributed by atoms with Crippen molar-refractivity contribution in [1.29, 1.82) is 0 Å². The van der Waals surface area contributed by atoms with Crippen LogP contribution in [0.2, 0.25) is 0 Å². The quantitative estimate of drug-likeness (QED) is 0.471. The van der Waals surface area contributed by atoms with Crippen LogP contribution in [0.3, 0.4) is 0 Å². The molecule has 18 heavy (non-hydrogen) atoms. The highest BCUT2D eigenvalue weighted by atomic mass is 19.1. The van der Waals surface area contributed by atoms with Gasteiger partial charge in [-0.2, -0.15) is 0 Å². The normalized spacial score (nSPS) is 9.83. The van der Waals surface area contributed by atoms with Crippen molar-refractivity contribution in [1.82, 2.24) is 0 Å². The number of benzene rings is 1. The fourth-order valence-electron chi connectivity index (χ4n) is 1.21. The maximum atomic E-state index is 12.6. The maximum Gasteiger partial charge on any atom is 0.317 e. The molecule has 1 rings (SSSR count). The lowest BCUT2D eigenvalue weighted by atomic mass is 10.1. The molecule has 0 saturated carbocycles. The van der Waals surface area contributed by atoms with Gasteiger partial charge in [0.1, 0.15) is 12.2 Å². The fourth-order valence-corrected chi connectivity index (χ4v) is 1.21. The SMILES string of the molecule is O=C(O)CC(=O)OCCC(=O)c1ccc(F)cc1. The molecule has 1 aromatic rings. The maximum absolute atomic E-state index is 12.6. The lowest BCUT2D eigenvalue weighted by molar-refractivity contribution is -0.151. The Balaban J connectivity index is 2.35. The van der Waals surface area contributed by atoms with Crippen LogP contribution in [0, 0.1) is 5.82 Å². The van der Waals surface area contributed by atoms with Crippen molar-refractivity contribution in [2.24, 2.45) is 0 Å². The molecule has 0 aliphatic carbocycles. The third kappa shape index (κ3) is 4.73. The molecule has 1 N–H and O–H groups in total. The van der Waals surface area contributed by atoms with Crippen LogP contribution >= 0.6 is 0 Å². The smallest absolute Gasteiger partial charge is 0.317 e. The van der Waals surface area contributed by atoms with Crippen LogP contribution in [0.5, 0.6) is 0 Å². The van der Waals surface area contributed by atoms with E-state index in [-0.39, 0.29) is 18.8 Å². The Hall–Kier alpha value is -2.24. The van der Waals surface area contributed by atoms with Crippen molar-refractivity contribution in [3.05, 3.63) is 35.6 Å². The van der Waals surface area contributed by atoms with E-state index in [1.165, 1.54) is 12.1 Å². The monoisotopic (exact) mass is 254 g/mol. The zero-order valence-electron chi connectivity index (χ0n) is 9.39. The number of carboxylic acids is 1. The number of hydrogen-bond donors (Lipinski definition) is 1. The topological polar surface area (TPSA) is 80.7 Å². The van der Waals surface area contributed by atoms with Gasteiger partial charge in [0.05, 0.1) is 6.61 Å². The van der Waals surface area contributed by atoms with Crippen molar-refractivity contribution in [3.8, 4) is 0 Å². The van der Waals surface area contributed by atoms with Crippen LogP contribution < -0.4 is 0 Å². The third-order valence-corrected chi connectivity index (χ3v) is 2.05. The van der Waals surface area contributed by atoms with Crippen LogP contribution in [0.1, 0.15) is 23.2 Å².